The molecule has 1 aliphatic rings. The number of benzene rings is 2. The largest absolute Gasteiger partial charge is 0.490 e. The molecular weight excluding hydrogens is 553 g/mol. The van der Waals surface area contributed by atoms with E-state index in [0.717, 1.165) is 37.4 Å². The highest BCUT2D eigenvalue weighted by molar-refractivity contribution is 7.92. The van der Waals surface area contributed by atoms with Gasteiger partial charge in [0, 0.05) is 45.4 Å². The normalized spacial score (nSPS) is 14.1. The van der Waals surface area contributed by atoms with Crippen LogP contribution in [-0.2, 0) is 25.0 Å². The quantitative estimate of drug-likeness (QED) is 0.345. The lowest BCUT2D eigenvalue weighted by Crippen LogP contribution is -2.43. The molecule has 0 spiro atoms. The number of anilines is 2. The Balaban J connectivity index is 0.000000708. The van der Waals surface area contributed by atoms with E-state index in [1.165, 1.54) is 0 Å². The van der Waals surface area contributed by atoms with Crippen LogP contribution >= 0.6 is 0 Å². The molecule has 10 nitrogen and oxygen atoms in total. The Kier molecular flexibility index (Phi) is 11.3. The van der Waals surface area contributed by atoms with Gasteiger partial charge in [0.05, 0.1) is 22.9 Å². The van der Waals surface area contributed by atoms with E-state index < -0.39 is 22.2 Å². The molecule has 0 saturated carbocycles. The average molecular weight is 589 g/mol. The Morgan fingerprint density at radius 1 is 1.05 bits per heavy atom. The number of piperazine rings is 1. The van der Waals surface area contributed by atoms with Crippen molar-refractivity contribution in [2.24, 2.45) is 0 Å². The summed E-state index contributed by atoms with van der Waals surface area (Å²) in [6.45, 7) is 10.1. The van der Waals surface area contributed by atoms with Crippen LogP contribution in [0.15, 0.2) is 47.4 Å². The van der Waals surface area contributed by atoms with Crippen LogP contribution in [0.5, 0.6) is 0 Å². The third-order valence-electron chi connectivity index (χ3n) is 5.83. The summed E-state index contributed by atoms with van der Waals surface area (Å²) >= 11 is 0. The molecule has 222 valence electrons. The standard InChI is InChI=1S/C24H34N4O4S.C2HF3O2/c1-24(2,3)19-6-8-20(9-7-19)33(30,31)27-21-17-18(23(29)26-13-16-32-4)5-10-22(21)28-14-11-25-12-15-28;3-2(4,5)1(6)7/h5-10,17,25,27H,11-16H2,1-4H3,(H,26,29);(H,6,7). The molecule has 0 aromatic heterocycles. The van der Waals surface area contributed by atoms with E-state index >= 15 is 0 Å². The summed E-state index contributed by atoms with van der Waals surface area (Å²) in [6.07, 6.45) is -5.08. The monoisotopic (exact) mass is 588 g/mol. The van der Waals surface area contributed by atoms with Crippen LogP contribution in [0, 0.1) is 0 Å². The van der Waals surface area contributed by atoms with E-state index in [1.807, 2.05) is 12.1 Å². The number of carboxylic acid groups (broad SMARTS) is 1. The van der Waals surface area contributed by atoms with Crippen LogP contribution in [0.2, 0.25) is 0 Å². The van der Waals surface area contributed by atoms with Crippen molar-refractivity contribution in [2.45, 2.75) is 37.3 Å². The Morgan fingerprint density at radius 3 is 2.12 bits per heavy atom. The van der Waals surface area contributed by atoms with Crippen molar-refractivity contribution in [3.05, 3.63) is 53.6 Å². The molecule has 1 amide bonds. The maximum Gasteiger partial charge on any atom is 0.490 e. The fraction of sp³-hybridized carbons (Fsp3) is 0.462. The van der Waals surface area contributed by atoms with E-state index in [9.17, 15) is 26.4 Å². The van der Waals surface area contributed by atoms with E-state index in [2.05, 4.69) is 41.0 Å². The molecule has 14 heteroatoms. The molecule has 0 bridgehead atoms. The van der Waals surface area contributed by atoms with Crippen LogP contribution < -0.4 is 20.3 Å². The highest BCUT2D eigenvalue weighted by atomic mass is 32.2. The number of sulfonamides is 1. The SMILES string of the molecule is COCCNC(=O)c1ccc(N2CCNCC2)c(NS(=O)(=O)c2ccc(C(C)(C)C)cc2)c1.O=C(O)C(F)(F)F. The first-order valence-corrected chi connectivity index (χ1v) is 13.8. The zero-order chi connectivity index (χ0) is 30.1. The lowest BCUT2D eigenvalue weighted by atomic mass is 9.87. The number of nitrogens with one attached hydrogen (secondary N) is 3. The van der Waals surface area contributed by atoms with Gasteiger partial charge in [-0.1, -0.05) is 32.9 Å². The van der Waals surface area contributed by atoms with Crippen molar-refractivity contribution in [2.75, 3.05) is 56.1 Å². The van der Waals surface area contributed by atoms with Gasteiger partial charge in [0.1, 0.15) is 0 Å². The van der Waals surface area contributed by atoms with Crippen molar-refractivity contribution in [1.29, 1.82) is 0 Å². The molecule has 1 heterocycles. The first-order chi connectivity index (χ1) is 18.6. The number of carbonyl (C=O) groups is 2. The van der Waals surface area contributed by atoms with Crippen molar-refractivity contribution < 1.29 is 41.0 Å². The van der Waals surface area contributed by atoms with E-state index in [4.69, 9.17) is 14.6 Å². The van der Waals surface area contributed by atoms with Gasteiger partial charge in [-0.05, 0) is 41.3 Å². The maximum absolute atomic E-state index is 13.2. The van der Waals surface area contributed by atoms with Crippen molar-refractivity contribution in [3.63, 3.8) is 0 Å². The van der Waals surface area contributed by atoms with Crippen molar-refractivity contribution >= 4 is 33.3 Å². The number of alkyl halides is 3. The number of hydrogen-bond donors (Lipinski definition) is 4. The first-order valence-electron chi connectivity index (χ1n) is 12.4. The Hall–Kier alpha value is -3.36. The number of carboxylic acids is 1. The zero-order valence-corrected chi connectivity index (χ0v) is 23.6. The number of halogens is 3. The van der Waals surface area contributed by atoms with Gasteiger partial charge in [-0.2, -0.15) is 13.2 Å². The third-order valence-corrected chi connectivity index (χ3v) is 7.21. The second kappa shape index (κ2) is 13.8. The number of hydrogen-bond acceptors (Lipinski definition) is 7. The van der Waals surface area contributed by atoms with Crippen LogP contribution in [0.25, 0.3) is 0 Å². The van der Waals surface area contributed by atoms with E-state index in [-0.39, 0.29) is 16.2 Å². The number of rotatable bonds is 8. The molecule has 3 rings (SSSR count). The molecule has 2 aromatic rings. The zero-order valence-electron chi connectivity index (χ0n) is 22.8. The molecule has 2 aromatic carbocycles. The molecule has 0 radical (unpaired) electrons. The summed E-state index contributed by atoms with van der Waals surface area (Å²) in [5.74, 6) is -3.04. The molecule has 4 N–H and O–H groups in total. The van der Waals surface area contributed by atoms with Gasteiger partial charge in [0.15, 0.2) is 0 Å². The molecule has 1 saturated heterocycles. The highest BCUT2D eigenvalue weighted by Crippen LogP contribution is 2.31. The fourth-order valence-corrected chi connectivity index (χ4v) is 4.71. The summed E-state index contributed by atoms with van der Waals surface area (Å²) in [6, 6.07) is 12.0. The van der Waals surface area contributed by atoms with E-state index in [1.54, 1.807) is 37.4 Å². The molecular formula is C26H35F3N4O6S. The lowest BCUT2D eigenvalue weighted by molar-refractivity contribution is -0.192. The fourth-order valence-electron chi connectivity index (χ4n) is 3.65. The minimum atomic E-state index is -5.08. The Bertz CT molecular complexity index is 1260. The minimum Gasteiger partial charge on any atom is -0.475 e. The minimum absolute atomic E-state index is 0.0737. The average Bonchev–Trinajstić information content (AvgIpc) is 2.88. The van der Waals surface area contributed by atoms with Crippen LogP contribution in [0.4, 0.5) is 24.5 Å². The number of ether oxygens (including phenoxy) is 1. The van der Waals surface area contributed by atoms with Gasteiger partial charge in [-0.25, -0.2) is 13.2 Å². The lowest BCUT2D eigenvalue weighted by Gasteiger charge is -2.31. The number of carbonyl (C=O) groups excluding carboxylic acids is 1. The van der Waals surface area contributed by atoms with Crippen molar-refractivity contribution in [3.8, 4) is 0 Å². The number of amides is 1. The topological polar surface area (TPSA) is 137 Å². The molecule has 0 aliphatic carbocycles. The van der Waals surface area contributed by atoms with Crippen LogP contribution in [0.3, 0.4) is 0 Å². The number of nitrogens with zero attached hydrogens (tertiary/aromatic N) is 1. The smallest absolute Gasteiger partial charge is 0.475 e. The highest BCUT2D eigenvalue weighted by Gasteiger charge is 2.38. The van der Waals surface area contributed by atoms with Gasteiger partial charge < -0.3 is 25.4 Å². The van der Waals surface area contributed by atoms with E-state index in [0.29, 0.717) is 24.4 Å². The van der Waals surface area contributed by atoms with Gasteiger partial charge >= 0.3 is 12.1 Å². The predicted molar refractivity (Wildman–Crippen MR) is 145 cm³/mol. The van der Waals surface area contributed by atoms with Gasteiger partial charge in [-0.15, -0.1) is 0 Å². The third kappa shape index (κ3) is 9.68. The number of aliphatic carboxylic acids is 1. The van der Waals surface area contributed by atoms with Gasteiger partial charge in [-0.3, -0.25) is 9.52 Å². The molecule has 1 fully saturated rings. The second-order valence-electron chi connectivity index (χ2n) is 9.90. The molecule has 40 heavy (non-hydrogen) atoms. The predicted octanol–water partition coefficient (Wildman–Crippen LogP) is 3.20. The number of methoxy groups -OCH3 is 1. The summed E-state index contributed by atoms with van der Waals surface area (Å²) < 4.78 is 65.9. The van der Waals surface area contributed by atoms with Crippen LogP contribution in [-0.4, -0.2) is 78.0 Å². The van der Waals surface area contributed by atoms with Gasteiger partial charge in [0.2, 0.25) is 0 Å². The summed E-state index contributed by atoms with van der Waals surface area (Å²) in [4.78, 5) is 23.7. The van der Waals surface area contributed by atoms with Crippen molar-refractivity contribution in [1.82, 2.24) is 10.6 Å². The van der Waals surface area contributed by atoms with Crippen LogP contribution in [0.1, 0.15) is 36.7 Å². The molecule has 1 aliphatic heterocycles. The Labute approximate surface area is 231 Å². The van der Waals surface area contributed by atoms with Gasteiger partial charge in [0.25, 0.3) is 15.9 Å². The first kappa shape index (κ1) is 32.8. The summed E-state index contributed by atoms with van der Waals surface area (Å²) in [5.41, 5.74) is 2.50. The molecule has 0 unspecified atom stereocenters. The maximum atomic E-state index is 13.2. The second-order valence-corrected chi connectivity index (χ2v) is 11.6. The summed E-state index contributed by atoms with van der Waals surface area (Å²) in [5, 5.41) is 13.2. The summed E-state index contributed by atoms with van der Waals surface area (Å²) in [7, 11) is -2.28. The Morgan fingerprint density at radius 2 is 1.62 bits per heavy atom. The molecule has 0 atom stereocenters.